The maximum absolute atomic E-state index is 10.2. The van der Waals surface area contributed by atoms with E-state index in [9.17, 15) is 4.55 Å². The lowest BCUT2D eigenvalue weighted by atomic mass is 10.5. The molecule has 0 saturated carbocycles. The molecule has 0 saturated heterocycles. The summed E-state index contributed by atoms with van der Waals surface area (Å²) < 4.78 is 10.2. The summed E-state index contributed by atoms with van der Waals surface area (Å²) in [7, 11) is 0. The van der Waals surface area contributed by atoms with Crippen LogP contribution in [0.3, 0.4) is 0 Å². The highest BCUT2D eigenvalue weighted by molar-refractivity contribution is 7.93. The van der Waals surface area contributed by atoms with Crippen LogP contribution in [0.15, 0.2) is 11.5 Å². The number of allylic oxidation sites excluding steroid dienone is 1. The lowest BCUT2D eigenvalue weighted by Gasteiger charge is -1.92. The molecule has 40 valence electrons. The molecule has 1 atom stereocenters. The van der Waals surface area contributed by atoms with Gasteiger partial charge in [-0.3, -0.25) is 0 Å². The number of hydrogen-bond donors (Lipinski definition) is 0. The second-order valence-corrected chi connectivity index (χ2v) is 2.38. The van der Waals surface area contributed by atoms with Crippen molar-refractivity contribution in [1.29, 1.82) is 0 Å². The summed E-state index contributed by atoms with van der Waals surface area (Å²) >= 11 is -0.826. The average molecular weight is 116 g/mol. The molecule has 0 amide bonds. The smallest absolute Gasteiger partial charge is 0.112 e. The molecule has 7 heavy (non-hydrogen) atoms. The SMILES string of the molecule is [CH]CC=C[S+](C)[O-]. The first kappa shape index (κ1) is 7.05. The van der Waals surface area contributed by atoms with E-state index in [1.807, 2.05) is 0 Å². The first-order valence-corrected chi connectivity index (χ1v) is 3.58. The van der Waals surface area contributed by atoms with Crippen LogP contribution < -0.4 is 0 Å². The van der Waals surface area contributed by atoms with Crippen molar-refractivity contribution in [2.75, 3.05) is 6.26 Å². The predicted octanol–water partition coefficient (Wildman–Crippen LogP) is 0.980. The van der Waals surface area contributed by atoms with Crippen LogP contribution in [0.1, 0.15) is 6.42 Å². The van der Waals surface area contributed by atoms with Gasteiger partial charge in [0.05, 0.1) is 6.26 Å². The van der Waals surface area contributed by atoms with E-state index < -0.39 is 11.2 Å². The van der Waals surface area contributed by atoms with E-state index in [-0.39, 0.29) is 0 Å². The van der Waals surface area contributed by atoms with E-state index in [4.69, 9.17) is 6.92 Å². The predicted molar refractivity (Wildman–Crippen MR) is 32.1 cm³/mol. The monoisotopic (exact) mass is 116 g/mol. The molecule has 0 fully saturated rings. The quantitative estimate of drug-likeness (QED) is 0.493. The van der Waals surface area contributed by atoms with Crippen LogP contribution in [0, 0.1) is 6.92 Å². The van der Waals surface area contributed by atoms with Gasteiger partial charge in [-0.25, -0.2) is 0 Å². The second kappa shape index (κ2) is 4.22. The van der Waals surface area contributed by atoms with Gasteiger partial charge in [0.15, 0.2) is 0 Å². The van der Waals surface area contributed by atoms with Crippen molar-refractivity contribution in [3.63, 3.8) is 0 Å². The maximum Gasteiger partial charge on any atom is 0.112 e. The molecule has 0 aliphatic heterocycles. The Morgan fingerprint density at radius 2 is 2.43 bits per heavy atom. The average Bonchev–Trinajstić information content (AvgIpc) is 1.61. The summed E-state index contributed by atoms with van der Waals surface area (Å²) in [4.78, 5) is 0. The third kappa shape index (κ3) is 6.05. The molecule has 1 unspecified atom stereocenters. The molecule has 0 aromatic carbocycles. The third-order valence-electron chi connectivity index (χ3n) is 0.424. The first-order chi connectivity index (χ1) is 3.27. The molecule has 0 N–H and O–H groups in total. The van der Waals surface area contributed by atoms with Crippen LogP contribution in [0.25, 0.3) is 0 Å². The molecule has 2 radical (unpaired) electrons. The topological polar surface area (TPSA) is 23.1 Å². The fourth-order valence-corrected chi connectivity index (χ4v) is 0.573. The maximum atomic E-state index is 10.2. The molecular weight excluding hydrogens is 108 g/mol. The van der Waals surface area contributed by atoms with E-state index in [0.29, 0.717) is 6.42 Å². The summed E-state index contributed by atoms with van der Waals surface area (Å²) in [5, 5.41) is 1.57. The Balaban J connectivity index is 3.08. The van der Waals surface area contributed by atoms with Gasteiger partial charge in [-0.2, -0.15) is 0 Å². The number of hydrogen-bond acceptors (Lipinski definition) is 1. The zero-order valence-electron chi connectivity index (χ0n) is 4.26. The van der Waals surface area contributed by atoms with Gasteiger partial charge in [-0.05, 0) is 30.6 Å². The second-order valence-electron chi connectivity index (χ2n) is 1.11. The lowest BCUT2D eigenvalue weighted by Crippen LogP contribution is -1.86. The molecule has 0 aromatic rings. The Hall–Kier alpha value is 0.0500. The summed E-state index contributed by atoms with van der Waals surface area (Å²) in [6.07, 6.45) is 3.75. The lowest BCUT2D eigenvalue weighted by molar-refractivity contribution is 0.609. The molecule has 0 aromatic heterocycles. The highest BCUT2D eigenvalue weighted by Crippen LogP contribution is 1.86. The van der Waals surface area contributed by atoms with Crippen molar-refractivity contribution in [2.24, 2.45) is 0 Å². The van der Waals surface area contributed by atoms with E-state index >= 15 is 0 Å². The van der Waals surface area contributed by atoms with Crippen molar-refractivity contribution in [3.05, 3.63) is 18.4 Å². The van der Waals surface area contributed by atoms with Gasteiger partial charge >= 0.3 is 0 Å². The first-order valence-electron chi connectivity index (χ1n) is 1.96. The highest BCUT2D eigenvalue weighted by atomic mass is 32.2. The van der Waals surface area contributed by atoms with Crippen molar-refractivity contribution in [2.45, 2.75) is 6.42 Å². The molecule has 0 spiro atoms. The fraction of sp³-hybridized carbons (Fsp3) is 0.400. The summed E-state index contributed by atoms with van der Waals surface area (Å²) in [6, 6.07) is 0. The largest absolute Gasteiger partial charge is 0.612 e. The Labute approximate surface area is 47.6 Å². The zero-order valence-corrected chi connectivity index (χ0v) is 5.07. The molecule has 0 rings (SSSR count). The molecule has 0 heterocycles. The molecule has 2 heteroatoms. The Bertz CT molecular complexity index is 59.1. The Kier molecular flexibility index (Phi) is 4.25. The normalized spacial score (nSPS) is 15.3. The van der Waals surface area contributed by atoms with Gasteiger partial charge in [0.2, 0.25) is 0 Å². The molecule has 0 aliphatic carbocycles. The Morgan fingerprint density at radius 3 is 2.57 bits per heavy atom. The molecule has 0 aliphatic rings. The van der Waals surface area contributed by atoms with Gasteiger partial charge < -0.3 is 4.55 Å². The van der Waals surface area contributed by atoms with Gasteiger partial charge in [0, 0.05) is 0 Å². The standard InChI is InChI=1S/C5H8OS/c1-3-4-5-7(2)6/h1,4-5H,3H2,2H3. The zero-order chi connectivity index (χ0) is 5.70. The van der Waals surface area contributed by atoms with Gasteiger partial charge in [-0.15, -0.1) is 0 Å². The minimum Gasteiger partial charge on any atom is -0.612 e. The van der Waals surface area contributed by atoms with E-state index in [0.717, 1.165) is 0 Å². The third-order valence-corrected chi connectivity index (χ3v) is 1.000. The van der Waals surface area contributed by atoms with Crippen LogP contribution in [-0.4, -0.2) is 10.8 Å². The fourth-order valence-electron chi connectivity index (χ4n) is 0.191. The minimum atomic E-state index is -0.826. The van der Waals surface area contributed by atoms with Crippen molar-refractivity contribution in [1.82, 2.24) is 0 Å². The van der Waals surface area contributed by atoms with E-state index in [1.165, 1.54) is 0 Å². The summed E-state index contributed by atoms with van der Waals surface area (Å²) in [5.41, 5.74) is 0. The van der Waals surface area contributed by atoms with Crippen molar-refractivity contribution in [3.8, 4) is 0 Å². The molecular formula is C5H8OS. The van der Waals surface area contributed by atoms with Gasteiger partial charge in [0.25, 0.3) is 0 Å². The van der Waals surface area contributed by atoms with Crippen LogP contribution in [0.5, 0.6) is 0 Å². The summed E-state index contributed by atoms with van der Waals surface area (Å²) in [5.74, 6) is 0. The van der Waals surface area contributed by atoms with Crippen molar-refractivity contribution >= 4 is 11.2 Å². The van der Waals surface area contributed by atoms with E-state index in [2.05, 4.69) is 0 Å². The highest BCUT2D eigenvalue weighted by Gasteiger charge is 1.80. The number of rotatable bonds is 2. The van der Waals surface area contributed by atoms with E-state index in [1.54, 1.807) is 17.7 Å². The summed E-state index contributed by atoms with van der Waals surface area (Å²) in [6.45, 7) is 5.06. The Morgan fingerprint density at radius 1 is 1.86 bits per heavy atom. The van der Waals surface area contributed by atoms with Crippen molar-refractivity contribution < 1.29 is 4.55 Å². The molecule has 1 nitrogen and oxygen atoms in total. The van der Waals surface area contributed by atoms with Crippen LogP contribution >= 0.6 is 0 Å². The molecule has 0 bridgehead atoms. The minimum absolute atomic E-state index is 0.472. The van der Waals surface area contributed by atoms with Gasteiger partial charge in [-0.1, -0.05) is 0 Å². The van der Waals surface area contributed by atoms with Crippen LogP contribution in [0.4, 0.5) is 0 Å². The van der Waals surface area contributed by atoms with Gasteiger partial charge in [0.1, 0.15) is 5.41 Å². The van der Waals surface area contributed by atoms with Crippen LogP contribution in [0.2, 0.25) is 0 Å². The van der Waals surface area contributed by atoms with Crippen LogP contribution in [-0.2, 0) is 11.2 Å².